The molecular formula is C21H25N5O2. The van der Waals surface area contributed by atoms with Gasteiger partial charge in [0, 0.05) is 44.3 Å². The Morgan fingerprint density at radius 2 is 1.86 bits per heavy atom. The van der Waals surface area contributed by atoms with Gasteiger partial charge in [0.05, 0.1) is 17.9 Å². The van der Waals surface area contributed by atoms with Crippen LogP contribution in [-0.2, 0) is 22.6 Å². The summed E-state index contributed by atoms with van der Waals surface area (Å²) in [6.45, 7) is 1.88. The number of aromatic nitrogens is 3. The summed E-state index contributed by atoms with van der Waals surface area (Å²) in [5.74, 6) is 0.117. The number of likely N-dealkylation sites (tertiary alicyclic amines) is 2. The normalized spacial score (nSPS) is 22.1. The summed E-state index contributed by atoms with van der Waals surface area (Å²) in [4.78, 5) is 42.8. The lowest BCUT2D eigenvalue weighted by Gasteiger charge is -2.44. The fraction of sp³-hybridized carbons (Fsp3) is 0.476. The van der Waals surface area contributed by atoms with Crippen LogP contribution in [0.2, 0.25) is 0 Å². The van der Waals surface area contributed by atoms with E-state index < -0.39 is 5.54 Å². The molecule has 4 rings (SSSR count). The molecule has 1 spiro atoms. The molecule has 0 aromatic carbocycles. The van der Waals surface area contributed by atoms with Crippen LogP contribution in [0, 0.1) is 0 Å². The standard InChI is InChI=1S/C21H25N5O2/c27-19(7-6-17-15-22-11-12-24-17)26-14-4-9-21(26)8-3-13-25(20(21)28)16-18-5-1-2-10-23-18/h1-2,5,10-12,15H,3-4,6-9,13-14,16H2. The highest BCUT2D eigenvalue weighted by Crippen LogP contribution is 2.39. The smallest absolute Gasteiger partial charge is 0.248 e. The van der Waals surface area contributed by atoms with Crippen molar-refractivity contribution in [3.63, 3.8) is 0 Å². The molecule has 2 fully saturated rings. The van der Waals surface area contributed by atoms with Crippen LogP contribution in [0.3, 0.4) is 0 Å². The first-order chi connectivity index (χ1) is 13.7. The van der Waals surface area contributed by atoms with Gasteiger partial charge in [-0.05, 0) is 44.2 Å². The highest BCUT2D eigenvalue weighted by atomic mass is 16.2. The first-order valence-corrected chi connectivity index (χ1v) is 9.94. The van der Waals surface area contributed by atoms with Gasteiger partial charge in [-0.25, -0.2) is 0 Å². The van der Waals surface area contributed by atoms with Crippen molar-refractivity contribution < 1.29 is 9.59 Å². The quantitative estimate of drug-likeness (QED) is 0.794. The van der Waals surface area contributed by atoms with Crippen molar-refractivity contribution in [3.05, 3.63) is 54.4 Å². The lowest BCUT2D eigenvalue weighted by atomic mass is 9.85. The van der Waals surface area contributed by atoms with E-state index in [-0.39, 0.29) is 11.8 Å². The Hall–Kier alpha value is -2.83. The number of hydrogen-bond donors (Lipinski definition) is 0. The number of aryl methyl sites for hydroxylation is 1. The molecule has 2 aliphatic heterocycles. The average molecular weight is 379 g/mol. The Bertz CT molecular complexity index is 829. The minimum absolute atomic E-state index is 0.0381. The molecule has 1 unspecified atom stereocenters. The third kappa shape index (κ3) is 3.61. The Balaban J connectivity index is 1.47. The zero-order chi connectivity index (χ0) is 19.4. The lowest BCUT2D eigenvalue weighted by molar-refractivity contribution is -0.155. The van der Waals surface area contributed by atoms with Gasteiger partial charge in [-0.2, -0.15) is 0 Å². The first-order valence-electron chi connectivity index (χ1n) is 9.94. The van der Waals surface area contributed by atoms with Crippen LogP contribution in [0.4, 0.5) is 0 Å². The van der Waals surface area contributed by atoms with Gasteiger partial charge in [0.25, 0.3) is 0 Å². The predicted octanol–water partition coefficient (Wildman–Crippen LogP) is 1.99. The topological polar surface area (TPSA) is 79.3 Å². The van der Waals surface area contributed by atoms with Crippen molar-refractivity contribution in [3.8, 4) is 0 Å². The number of nitrogens with zero attached hydrogens (tertiary/aromatic N) is 5. The number of rotatable bonds is 5. The zero-order valence-corrected chi connectivity index (χ0v) is 16.0. The maximum absolute atomic E-state index is 13.4. The Morgan fingerprint density at radius 3 is 2.61 bits per heavy atom. The summed E-state index contributed by atoms with van der Waals surface area (Å²) in [5, 5.41) is 0. The molecule has 0 aliphatic carbocycles. The van der Waals surface area contributed by atoms with E-state index in [2.05, 4.69) is 15.0 Å². The van der Waals surface area contributed by atoms with Crippen LogP contribution in [0.1, 0.15) is 43.5 Å². The monoisotopic (exact) mass is 379 g/mol. The molecule has 0 bridgehead atoms. The van der Waals surface area contributed by atoms with Crippen LogP contribution >= 0.6 is 0 Å². The Morgan fingerprint density at radius 1 is 1.04 bits per heavy atom. The minimum atomic E-state index is -0.674. The summed E-state index contributed by atoms with van der Waals surface area (Å²) in [5.41, 5.74) is 1.01. The van der Waals surface area contributed by atoms with E-state index >= 15 is 0 Å². The fourth-order valence-corrected chi connectivity index (χ4v) is 4.46. The number of carbonyl (C=O) groups excluding carboxylic acids is 2. The van der Waals surface area contributed by atoms with Crippen LogP contribution < -0.4 is 0 Å². The van der Waals surface area contributed by atoms with Crippen LogP contribution in [0.5, 0.6) is 0 Å². The highest BCUT2D eigenvalue weighted by molar-refractivity contribution is 5.92. The van der Waals surface area contributed by atoms with Crippen LogP contribution in [-0.4, -0.2) is 55.2 Å². The minimum Gasteiger partial charge on any atom is -0.335 e. The van der Waals surface area contributed by atoms with E-state index in [9.17, 15) is 9.59 Å². The van der Waals surface area contributed by atoms with Gasteiger partial charge in [0.2, 0.25) is 11.8 Å². The second-order valence-electron chi connectivity index (χ2n) is 7.53. The van der Waals surface area contributed by atoms with E-state index in [1.165, 1.54) is 0 Å². The van der Waals surface area contributed by atoms with Gasteiger partial charge in [-0.15, -0.1) is 0 Å². The van der Waals surface area contributed by atoms with Gasteiger partial charge >= 0.3 is 0 Å². The molecule has 2 aromatic heterocycles. The molecule has 7 nitrogen and oxygen atoms in total. The third-order valence-electron chi connectivity index (χ3n) is 5.78. The van der Waals surface area contributed by atoms with E-state index in [1.54, 1.807) is 24.8 Å². The second-order valence-corrected chi connectivity index (χ2v) is 7.53. The summed E-state index contributed by atoms with van der Waals surface area (Å²) in [6, 6.07) is 5.74. The van der Waals surface area contributed by atoms with Crippen LogP contribution in [0.25, 0.3) is 0 Å². The SMILES string of the molecule is O=C(CCc1cnccn1)N1CCCC12CCCN(Cc1ccccn1)C2=O. The first kappa shape index (κ1) is 18.5. The predicted molar refractivity (Wildman–Crippen MR) is 103 cm³/mol. The number of carbonyl (C=O) groups is 2. The average Bonchev–Trinajstić information content (AvgIpc) is 3.16. The number of piperidine rings is 1. The van der Waals surface area contributed by atoms with Gasteiger partial charge in [0.15, 0.2) is 0 Å². The van der Waals surface area contributed by atoms with Crippen molar-refractivity contribution >= 4 is 11.8 Å². The molecule has 4 heterocycles. The van der Waals surface area contributed by atoms with E-state index in [4.69, 9.17) is 0 Å². The second kappa shape index (κ2) is 8.04. The lowest BCUT2D eigenvalue weighted by Crippen LogP contribution is -2.61. The molecule has 0 N–H and O–H groups in total. The molecule has 146 valence electrons. The largest absolute Gasteiger partial charge is 0.335 e. The number of hydrogen-bond acceptors (Lipinski definition) is 5. The summed E-state index contributed by atoms with van der Waals surface area (Å²) in [7, 11) is 0. The molecule has 2 saturated heterocycles. The molecule has 1 atom stereocenters. The highest BCUT2D eigenvalue weighted by Gasteiger charge is 2.52. The summed E-state index contributed by atoms with van der Waals surface area (Å²) in [6.07, 6.45) is 10.9. The van der Waals surface area contributed by atoms with Crippen molar-refractivity contribution in [2.75, 3.05) is 13.1 Å². The van der Waals surface area contributed by atoms with Crippen molar-refractivity contribution in [2.24, 2.45) is 0 Å². The molecule has 2 aliphatic rings. The van der Waals surface area contributed by atoms with Gasteiger partial charge in [0.1, 0.15) is 5.54 Å². The molecule has 28 heavy (non-hydrogen) atoms. The summed E-state index contributed by atoms with van der Waals surface area (Å²) >= 11 is 0. The number of pyridine rings is 1. The summed E-state index contributed by atoms with van der Waals surface area (Å²) < 4.78 is 0. The molecule has 2 amide bonds. The van der Waals surface area contributed by atoms with E-state index in [0.29, 0.717) is 25.9 Å². The molecule has 0 radical (unpaired) electrons. The van der Waals surface area contributed by atoms with Crippen molar-refractivity contribution in [2.45, 2.75) is 50.6 Å². The molecular weight excluding hydrogens is 354 g/mol. The fourth-order valence-electron chi connectivity index (χ4n) is 4.46. The van der Waals surface area contributed by atoms with Gasteiger partial charge in [-0.1, -0.05) is 6.07 Å². The maximum atomic E-state index is 13.4. The maximum Gasteiger partial charge on any atom is 0.248 e. The van der Waals surface area contributed by atoms with Gasteiger partial charge in [-0.3, -0.25) is 24.5 Å². The zero-order valence-electron chi connectivity index (χ0n) is 16.0. The van der Waals surface area contributed by atoms with Crippen LogP contribution in [0.15, 0.2) is 43.0 Å². The molecule has 7 heteroatoms. The molecule has 2 aromatic rings. The third-order valence-corrected chi connectivity index (χ3v) is 5.78. The Kier molecular flexibility index (Phi) is 5.32. The van der Waals surface area contributed by atoms with E-state index in [0.717, 1.165) is 43.6 Å². The van der Waals surface area contributed by atoms with Crippen molar-refractivity contribution in [1.29, 1.82) is 0 Å². The molecule has 0 saturated carbocycles. The number of amides is 2. The Labute approximate surface area is 164 Å². The van der Waals surface area contributed by atoms with E-state index in [1.807, 2.05) is 28.0 Å². The van der Waals surface area contributed by atoms with Gasteiger partial charge < -0.3 is 9.80 Å². The van der Waals surface area contributed by atoms with Crippen molar-refractivity contribution in [1.82, 2.24) is 24.8 Å².